The molecule has 0 spiro atoms. The van der Waals surface area contributed by atoms with Gasteiger partial charge >= 0.3 is 0 Å². The first kappa shape index (κ1) is 13.6. The fraction of sp³-hybridized carbons (Fsp3) is 0.800. The molecular formula is C15H27N3. The van der Waals surface area contributed by atoms with Crippen molar-refractivity contribution >= 4 is 0 Å². The van der Waals surface area contributed by atoms with Gasteiger partial charge in [-0.3, -0.25) is 4.68 Å². The van der Waals surface area contributed by atoms with Crippen molar-refractivity contribution in [3.8, 4) is 0 Å². The highest BCUT2D eigenvalue weighted by Crippen LogP contribution is 2.34. The lowest BCUT2D eigenvalue weighted by Crippen LogP contribution is -2.45. The van der Waals surface area contributed by atoms with Crippen LogP contribution in [-0.4, -0.2) is 15.3 Å². The van der Waals surface area contributed by atoms with E-state index in [2.05, 4.69) is 25.1 Å². The molecule has 1 saturated carbocycles. The van der Waals surface area contributed by atoms with Gasteiger partial charge in [0.25, 0.3) is 0 Å². The monoisotopic (exact) mass is 249 g/mol. The molecule has 2 N–H and O–H groups in total. The number of hydrogen-bond donors (Lipinski definition) is 1. The minimum absolute atomic E-state index is 0.0197. The van der Waals surface area contributed by atoms with Crippen molar-refractivity contribution < 1.29 is 0 Å². The van der Waals surface area contributed by atoms with Crippen molar-refractivity contribution in [3.63, 3.8) is 0 Å². The Labute approximate surface area is 111 Å². The van der Waals surface area contributed by atoms with Crippen LogP contribution in [0.15, 0.2) is 12.4 Å². The SMILES string of the molecule is CCCC1CCC(N)(Cc2cnn(CC)c2)CC1. The molecule has 0 radical (unpaired) electrons. The van der Waals surface area contributed by atoms with Crippen LogP contribution >= 0.6 is 0 Å². The van der Waals surface area contributed by atoms with Crippen LogP contribution in [-0.2, 0) is 13.0 Å². The third-order valence-corrected chi connectivity index (χ3v) is 4.36. The van der Waals surface area contributed by atoms with Crippen LogP contribution in [0, 0.1) is 5.92 Å². The van der Waals surface area contributed by atoms with Gasteiger partial charge in [0.05, 0.1) is 6.20 Å². The highest BCUT2D eigenvalue weighted by atomic mass is 15.3. The molecule has 1 aliphatic rings. The molecule has 3 heteroatoms. The van der Waals surface area contributed by atoms with Crippen molar-refractivity contribution in [1.82, 2.24) is 9.78 Å². The maximum absolute atomic E-state index is 6.56. The van der Waals surface area contributed by atoms with Crippen LogP contribution in [0.25, 0.3) is 0 Å². The highest BCUT2D eigenvalue weighted by molar-refractivity contribution is 5.10. The van der Waals surface area contributed by atoms with Gasteiger partial charge in [-0.05, 0) is 50.5 Å². The van der Waals surface area contributed by atoms with Gasteiger partial charge in [0, 0.05) is 18.3 Å². The predicted octanol–water partition coefficient (Wildman–Crippen LogP) is 3.13. The summed E-state index contributed by atoms with van der Waals surface area (Å²) in [5.41, 5.74) is 7.88. The summed E-state index contributed by atoms with van der Waals surface area (Å²) >= 11 is 0. The van der Waals surface area contributed by atoms with Crippen LogP contribution in [0.1, 0.15) is 57.9 Å². The van der Waals surface area contributed by atoms with E-state index in [9.17, 15) is 0 Å². The van der Waals surface area contributed by atoms with Crippen LogP contribution in [0.5, 0.6) is 0 Å². The van der Waals surface area contributed by atoms with Crippen molar-refractivity contribution in [2.45, 2.75) is 70.9 Å². The average Bonchev–Trinajstić information content (AvgIpc) is 2.80. The van der Waals surface area contributed by atoms with Gasteiger partial charge < -0.3 is 5.73 Å². The minimum Gasteiger partial charge on any atom is -0.325 e. The van der Waals surface area contributed by atoms with Crippen LogP contribution in [0.3, 0.4) is 0 Å². The summed E-state index contributed by atoms with van der Waals surface area (Å²) in [6.07, 6.45) is 12.8. The van der Waals surface area contributed by atoms with Gasteiger partial charge in [-0.15, -0.1) is 0 Å². The zero-order valence-electron chi connectivity index (χ0n) is 11.9. The second kappa shape index (κ2) is 5.87. The van der Waals surface area contributed by atoms with E-state index in [-0.39, 0.29) is 5.54 Å². The smallest absolute Gasteiger partial charge is 0.0522 e. The Morgan fingerprint density at radius 1 is 1.39 bits per heavy atom. The molecule has 18 heavy (non-hydrogen) atoms. The Hall–Kier alpha value is -0.830. The second-order valence-electron chi connectivity index (χ2n) is 5.98. The largest absolute Gasteiger partial charge is 0.325 e. The maximum atomic E-state index is 6.56. The molecule has 0 saturated heterocycles. The summed E-state index contributed by atoms with van der Waals surface area (Å²) in [6, 6.07) is 0. The van der Waals surface area contributed by atoms with Gasteiger partial charge in [-0.25, -0.2) is 0 Å². The fourth-order valence-corrected chi connectivity index (χ4v) is 3.20. The molecule has 1 fully saturated rings. The van der Waals surface area contributed by atoms with Crippen LogP contribution < -0.4 is 5.73 Å². The molecule has 3 nitrogen and oxygen atoms in total. The molecule has 1 aliphatic carbocycles. The molecule has 0 atom stereocenters. The van der Waals surface area contributed by atoms with Gasteiger partial charge in [0.15, 0.2) is 0 Å². The molecule has 1 aromatic rings. The summed E-state index contributed by atoms with van der Waals surface area (Å²) in [5, 5.41) is 4.34. The summed E-state index contributed by atoms with van der Waals surface area (Å²) in [6.45, 7) is 5.34. The van der Waals surface area contributed by atoms with Crippen molar-refractivity contribution in [2.24, 2.45) is 11.7 Å². The number of rotatable bonds is 5. The Balaban J connectivity index is 1.89. The first-order chi connectivity index (χ1) is 8.65. The first-order valence-corrected chi connectivity index (χ1v) is 7.45. The zero-order valence-corrected chi connectivity index (χ0v) is 11.9. The summed E-state index contributed by atoms with van der Waals surface area (Å²) in [4.78, 5) is 0. The van der Waals surface area contributed by atoms with Crippen LogP contribution in [0.2, 0.25) is 0 Å². The molecule has 0 aromatic carbocycles. The van der Waals surface area contributed by atoms with E-state index in [0.717, 1.165) is 18.9 Å². The molecule has 0 amide bonds. The zero-order chi connectivity index (χ0) is 13.0. The minimum atomic E-state index is 0.0197. The number of nitrogens with two attached hydrogens (primary N) is 1. The predicted molar refractivity (Wildman–Crippen MR) is 75.4 cm³/mol. The Morgan fingerprint density at radius 2 is 2.11 bits per heavy atom. The summed E-state index contributed by atoms with van der Waals surface area (Å²) < 4.78 is 1.99. The first-order valence-electron chi connectivity index (χ1n) is 7.45. The molecule has 0 unspecified atom stereocenters. The van der Waals surface area contributed by atoms with Gasteiger partial charge in [0.2, 0.25) is 0 Å². The third kappa shape index (κ3) is 3.35. The lowest BCUT2D eigenvalue weighted by molar-refractivity contribution is 0.223. The van der Waals surface area contributed by atoms with Crippen molar-refractivity contribution in [2.75, 3.05) is 0 Å². The molecule has 1 heterocycles. The lowest BCUT2D eigenvalue weighted by atomic mass is 9.73. The Bertz CT molecular complexity index is 362. The van der Waals surface area contributed by atoms with Gasteiger partial charge in [-0.1, -0.05) is 19.8 Å². The third-order valence-electron chi connectivity index (χ3n) is 4.36. The van der Waals surface area contributed by atoms with Gasteiger partial charge in [0.1, 0.15) is 0 Å². The number of aromatic nitrogens is 2. The maximum Gasteiger partial charge on any atom is 0.0522 e. The number of aryl methyl sites for hydroxylation is 1. The summed E-state index contributed by atoms with van der Waals surface area (Å²) in [7, 11) is 0. The van der Waals surface area contributed by atoms with Crippen LogP contribution in [0.4, 0.5) is 0 Å². The highest BCUT2D eigenvalue weighted by Gasteiger charge is 2.31. The number of hydrogen-bond acceptors (Lipinski definition) is 2. The second-order valence-corrected chi connectivity index (χ2v) is 5.98. The number of nitrogens with zero attached hydrogens (tertiary/aromatic N) is 2. The molecule has 102 valence electrons. The molecule has 1 aromatic heterocycles. The van der Waals surface area contributed by atoms with E-state index in [4.69, 9.17) is 5.73 Å². The van der Waals surface area contributed by atoms with E-state index >= 15 is 0 Å². The van der Waals surface area contributed by atoms with E-state index in [1.807, 2.05) is 10.9 Å². The Morgan fingerprint density at radius 3 is 2.67 bits per heavy atom. The molecular weight excluding hydrogens is 222 g/mol. The average molecular weight is 249 g/mol. The van der Waals surface area contributed by atoms with Crippen molar-refractivity contribution in [1.29, 1.82) is 0 Å². The van der Waals surface area contributed by atoms with E-state index in [1.54, 1.807) is 0 Å². The van der Waals surface area contributed by atoms with E-state index in [0.29, 0.717) is 0 Å². The molecule has 0 aliphatic heterocycles. The lowest BCUT2D eigenvalue weighted by Gasteiger charge is -2.37. The fourth-order valence-electron chi connectivity index (χ4n) is 3.20. The van der Waals surface area contributed by atoms with E-state index < -0.39 is 0 Å². The standard InChI is InChI=1S/C15H27N3/c1-3-5-13-6-8-15(16,9-7-13)10-14-11-17-18(4-2)12-14/h11-13H,3-10,16H2,1-2H3. The molecule has 0 bridgehead atoms. The molecule has 2 rings (SSSR count). The quantitative estimate of drug-likeness (QED) is 0.871. The normalized spacial score (nSPS) is 28.5. The van der Waals surface area contributed by atoms with Gasteiger partial charge in [-0.2, -0.15) is 5.10 Å². The van der Waals surface area contributed by atoms with E-state index in [1.165, 1.54) is 44.1 Å². The Kier molecular flexibility index (Phi) is 4.44. The van der Waals surface area contributed by atoms with Crippen molar-refractivity contribution in [3.05, 3.63) is 18.0 Å². The summed E-state index contributed by atoms with van der Waals surface area (Å²) in [5.74, 6) is 0.921. The topological polar surface area (TPSA) is 43.8 Å².